The first-order valence-corrected chi connectivity index (χ1v) is 13.6. The topological polar surface area (TPSA) is 155 Å². The molecular formula is C25H24ClN3O7S. The van der Waals surface area contributed by atoms with Gasteiger partial charge in [-0.15, -0.1) is 0 Å². The summed E-state index contributed by atoms with van der Waals surface area (Å²) < 4.78 is 34.4. The van der Waals surface area contributed by atoms with Crippen molar-refractivity contribution in [3.05, 3.63) is 59.6 Å². The van der Waals surface area contributed by atoms with Crippen LogP contribution in [0.2, 0.25) is 5.02 Å². The van der Waals surface area contributed by atoms with Crippen molar-refractivity contribution in [3.63, 3.8) is 0 Å². The number of aromatic nitrogens is 3. The van der Waals surface area contributed by atoms with E-state index in [1.807, 2.05) is 24.3 Å². The van der Waals surface area contributed by atoms with Crippen molar-refractivity contribution in [2.24, 2.45) is 0 Å². The Morgan fingerprint density at radius 1 is 1.03 bits per heavy atom. The van der Waals surface area contributed by atoms with E-state index in [0.29, 0.717) is 21.9 Å². The van der Waals surface area contributed by atoms with Gasteiger partial charge >= 0.3 is 0 Å². The number of hydrogen-bond acceptors (Lipinski definition) is 9. The van der Waals surface area contributed by atoms with Gasteiger partial charge in [-0.3, -0.25) is 0 Å². The number of hydrogen-bond donors (Lipinski definition) is 4. The molecule has 0 unspecified atom stereocenters. The van der Waals surface area contributed by atoms with E-state index in [9.17, 15) is 23.7 Å². The van der Waals surface area contributed by atoms with Gasteiger partial charge in [-0.05, 0) is 29.3 Å². The Labute approximate surface area is 217 Å². The molecule has 1 aliphatic rings. The van der Waals surface area contributed by atoms with Gasteiger partial charge in [-0.25, -0.2) is 13.4 Å². The fourth-order valence-electron chi connectivity index (χ4n) is 4.13. The number of benzene rings is 2. The van der Waals surface area contributed by atoms with Gasteiger partial charge in [0.2, 0.25) is 0 Å². The van der Waals surface area contributed by atoms with E-state index in [2.05, 4.69) is 15.0 Å². The number of aromatic amines is 1. The Morgan fingerprint density at radius 3 is 2.27 bits per heavy atom. The standard InChI is InChI=1S/C25H24ClN3O7S/c1-37(33,34)16-8-6-14(7-9-16)13-2-4-15(5-3-13)21-17(26)10-18-24(28-21)29-25(27-18)36-20-12-35-19(11-30)22(31)23(20)32/h2-10,19-20,22-23,30-32H,11-12H2,1H3,(H,27,28,29)/t19-,20+,22-,23-/m1/s1. The van der Waals surface area contributed by atoms with Crippen LogP contribution in [0.5, 0.6) is 6.01 Å². The molecule has 0 bridgehead atoms. The lowest BCUT2D eigenvalue weighted by atomic mass is 10.0. The summed E-state index contributed by atoms with van der Waals surface area (Å²) in [6, 6.07) is 15.9. The van der Waals surface area contributed by atoms with Crippen molar-refractivity contribution in [1.82, 2.24) is 15.0 Å². The number of H-pyrrole nitrogens is 1. The second kappa shape index (κ2) is 10.0. The highest BCUT2D eigenvalue weighted by molar-refractivity contribution is 7.90. The third-order valence-electron chi connectivity index (χ3n) is 6.21. The molecule has 1 aliphatic heterocycles. The first-order valence-electron chi connectivity index (χ1n) is 11.4. The Bertz CT molecular complexity index is 1520. The van der Waals surface area contributed by atoms with Crippen molar-refractivity contribution in [1.29, 1.82) is 0 Å². The van der Waals surface area contributed by atoms with Crippen LogP contribution in [0, 0.1) is 0 Å². The number of ether oxygens (including phenoxy) is 2. The van der Waals surface area contributed by atoms with Gasteiger partial charge in [0.25, 0.3) is 6.01 Å². The second-order valence-corrected chi connectivity index (χ2v) is 11.2. The minimum absolute atomic E-state index is 0.0384. The summed E-state index contributed by atoms with van der Waals surface area (Å²) in [7, 11) is -3.26. The lowest BCUT2D eigenvalue weighted by molar-refractivity contribution is -0.189. The zero-order valence-corrected chi connectivity index (χ0v) is 21.1. The van der Waals surface area contributed by atoms with Crippen LogP contribution < -0.4 is 4.74 Å². The maximum absolute atomic E-state index is 11.7. The first-order chi connectivity index (χ1) is 17.6. The van der Waals surface area contributed by atoms with Crippen molar-refractivity contribution in [3.8, 4) is 28.4 Å². The average Bonchev–Trinajstić information content (AvgIpc) is 3.27. The summed E-state index contributed by atoms with van der Waals surface area (Å²) >= 11 is 6.51. The van der Waals surface area contributed by atoms with E-state index in [-0.39, 0.29) is 17.5 Å². The number of rotatable bonds is 6. The Balaban J connectivity index is 1.36. The lowest BCUT2D eigenvalue weighted by Gasteiger charge is -2.36. The number of halogens is 1. The van der Waals surface area contributed by atoms with Crippen molar-refractivity contribution >= 4 is 32.6 Å². The minimum atomic E-state index is -3.26. The van der Waals surface area contributed by atoms with Crippen LogP contribution in [-0.2, 0) is 14.6 Å². The Hall–Kier alpha value is -3.06. The maximum atomic E-state index is 11.7. The quantitative estimate of drug-likeness (QED) is 0.285. The lowest BCUT2D eigenvalue weighted by Crippen LogP contribution is -2.56. The zero-order chi connectivity index (χ0) is 26.3. The van der Waals surface area contributed by atoms with E-state index in [1.165, 1.54) is 6.26 Å². The molecule has 194 valence electrons. The molecule has 12 heteroatoms. The van der Waals surface area contributed by atoms with Gasteiger partial charge in [0, 0.05) is 11.8 Å². The molecule has 4 aromatic rings. The molecule has 1 saturated heterocycles. The number of nitrogens with one attached hydrogen (secondary N) is 1. The van der Waals surface area contributed by atoms with Gasteiger partial charge in [0.1, 0.15) is 18.3 Å². The van der Waals surface area contributed by atoms with Crippen molar-refractivity contribution < 1.29 is 33.2 Å². The van der Waals surface area contributed by atoms with Crippen LogP contribution in [0.3, 0.4) is 0 Å². The van der Waals surface area contributed by atoms with E-state index in [0.717, 1.165) is 16.7 Å². The largest absolute Gasteiger partial charge is 0.456 e. The van der Waals surface area contributed by atoms with E-state index >= 15 is 0 Å². The van der Waals surface area contributed by atoms with Crippen LogP contribution in [0.25, 0.3) is 33.5 Å². The number of aliphatic hydroxyl groups is 3. The summed E-state index contributed by atoms with van der Waals surface area (Å²) in [5.74, 6) is 0. The molecule has 4 atom stereocenters. The highest BCUT2D eigenvalue weighted by atomic mass is 35.5. The number of imidazole rings is 1. The molecule has 0 spiro atoms. The smallest absolute Gasteiger partial charge is 0.296 e. The predicted octanol–water partition coefficient (Wildman–Crippen LogP) is 2.21. The van der Waals surface area contributed by atoms with Crippen LogP contribution in [0.15, 0.2) is 59.5 Å². The number of fused-ring (bicyclic) bond motifs is 1. The third kappa shape index (κ3) is 5.19. The van der Waals surface area contributed by atoms with Crippen LogP contribution in [-0.4, -0.2) is 82.6 Å². The molecule has 0 amide bonds. The van der Waals surface area contributed by atoms with E-state index in [1.54, 1.807) is 30.3 Å². The summed E-state index contributed by atoms with van der Waals surface area (Å²) in [4.78, 5) is 12.1. The summed E-state index contributed by atoms with van der Waals surface area (Å²) in [5, 5.41) is 30.0. The fraction of sp³-hybridized carbons (Fsp3) is 0.280. The Kier molecular flexibility index (Phi) is 6.92. The van der Waals surface area contributed by atoms with Gasteiger partial charge < -0.3 is 29.8 Å². The molecule has 2 aromatic carbocycles. The highest BCUT2D eigenvalue weighted by Gasteiger charge is 2.39. The minimum Gasteiger partial charge on any atom is -0.456 e. The summed E-state index contributed by atoms with van der Waals surface area (Å²) in [5.41, 5.74) is 3.89. The monoisotopic (exact) mass is 545 g/mol. The van der Waals surface area contributed by atoms with Gasteiger partial charge in [-0.2, -0.15) is 4.98 Å². The zero-order valence-electron chi connectivity index (χ0n) is 19.6. The molecule has 4 N–H and O–H groups in total. The summed E-state index contributed by atoms with van der Waals surface area (Å²) in [6.07, 6.45) is -3.18. The van der Waals surface area contributed by atoms with E-state index < -0.39 is 40.9 Å². The predicted molar refractivity (Wildman–Crippen MR) is 136 cm³/mol. The molecule has 1 fully saturated rings. The van der Waals surface area contributed by atoms with Crippen LogP contribution in [0.1, 0.15) is 0 Å². The third-order valence-corrected chi connectivity index (χ3v) is 7.62. The molecule has 37 heavy (non-hydrogen) atoms. The highest BCUT2D eigenvalue weighted by Crippen LogP contribution is 2.32. The van der Waals surface area contributed by atoms with Crippen molar-refractivity contribution in [2.45, 2.75) is 29.3 Å². The normalized spacial score (nSPS) is 22.3. The van der Waals surface area contributed by atoms with Gasteiger partial charge in [0.05, 0.1) is 34.3 Å². The number of aliphatic hydroxyl groups excluding tert-OH is 3. The summed E-state index contributed by atoms with van der Waals surface area (Å²) in [6.45, 7) is -0.458. The van der Waals surface area contributed by atoms with Crippen LogP contribution >= 0.6 is 11.6 Å². The number of pyridine rings is 1. The average molecular weight is 546 g/mol. The molecule has 5 rings (SSSR count). The second-order valence-electron chi connectivity index (χ2n) is 8.80. The molecule has 10 nitrogen and oxygen atoms in total. The molecule has 2 aromatic heterocycles. The molecule has 3 heterocycles. The number of nitrogens with zero attached hydrogens (tertiary/aromatic N) is 2. The molecular weight excluding hydrogens is 522 g/mol. The van der Waals surface area contributed by atoms with E-state index in [4.69, 9.17) is 21.1 Å². The Morgan fingerprint density at radius 2 is 1.65 bits per heavy atom. The maximum Gasteiger partial charge on any atom is 0.296 e. The van der Waals surface area contributed by atoms with Gasteiger partial charge in [-0.1, -0.05) is 48.0 Å². The first kappa shape index (κ1) is 25.6. The molecule has 0 radical (unpaired) electrons. The van der Waals surface area contributed by atoms with Crippen molar-refractivity contribution in [2.75, 3.05) is 19.5 Å². The fourth-order valence-corrected chi connectivity index (χ4v) is 5.02. The SMILES string of the molecule is CS(=O)(=O)c1ccc(-c2ccc(-c3nc4nc(O[C@H]5CO[C@H](CO)[C@@H](O)[C@@H]5O)[nH]c4cc3Cl)cc2)cc1. The van der Waals surface area contributed by atoms with Crippen LogP contribution in [0.4, 0.5) is 0 Å². The number of sulfone groups is 1. The molecule has 0 aliphatic carbocycles. The molecule has 0 saturated carbocycles. The van der Waals surface area contributed by atoms with Gasteiger partial charge in [0.15, 0.2) is 21.6 Å².